The number of benzene rings is 1. The van der Waals surface area contributed by atoms with Gasteiger partial charge >= 0.3 is 0 Å². The molecule has 0 amide bonds. The predicted octanol–water partition coefficient (Wildman–Crippen LogP) is 2.19. The number of nitrogens with one attached hydrogen (secondary N) is 1. The molecule has 0 saturated carbocycles. The first-order valence-electron chi connectivity index (χ1n) is 5.83. The van der Waals surface area contributed by atoms with Crippen LogP contribution in [0.3, 0.4) is 0 Å². The summed E-state index contributed by atoms with van der Waals surface area (Å²) in [5.41, 5.74) is 4.14. The van der Waals surface area contributed by atoms with E-state index in [0.717, 1.165) is 15.8 Å². The summed E-state index contributed by atoms with van der Waals surface area (Å²) in [7, 11) is 1.63. The van der Waals surface area contributed by atoms with Gasteiger partial charge in [0.2, 0.25) is 0 Å². The third kappa shape index (κ3) is 3.17. The van der Waals surface area contributed by atoms with Crippen LogP contribution in [-0.2, 0) is 6.54 Å². The average Bonchev–Trinajstić information content (AvgIpc) is 2.92. The van der Waals surface area contributed by atoms with Gasteiger partial charge < -0.3 is 14.9 Å². The summed E-state index contributed by atoms with van der Waals surface area (Å²) < 4.78 is 13.6. The van der Waals surface area contributed by atoms with E-state index in [1.54, 1.807) is 24.4 Å². The van der Waals surface area contributed by atoms with Gasteiger partial charge in [-0.25, -0.2) is 4.68 Å². The normalized spacial score (nSPS) is 10.3. The van der Waals surface area contributed by atoms with E-state index in [1.165, 1.54) is 0 Å². The van der Waals surface area contributed by atoms with Crippen LogP contribution < -0.4 is 14.9 Å². The highest BCUT2D eigenvalue weighted by Gasteiger charge is 2.14. The van der Waals surface area contributed by atoms with E-state index in [-0.39, 0.29) is 0 Å². The van der Waals surface area contributed by atoms with E-state index in [9.17, 15) is 0 Å². The summed E-state index contributed by atoms with van der Waals surface area (Å²) in [6.07, 6.45) is 3.18. The van der Waals surface area contributed by atoms with Crippen LogP contribution in [0.5, 0.6) is 11.5 Å². The molecule has 1 heterocycles. The average molecular weight is 327 g/mol. The number of hydrogen-bond acceptors (Lipinski definition) is 5. The van der Waals surface area contributed by atoms with Gasteiger partial charge in [-0.2, -0.15) is 0 Å². The van der Waals surface area contributed by atoms with Gasteiger partial charge in [-0.1, -0.05) is 15.9 Å². The third-order valence-corrected chi connectivity index (χ3v) is 3.28. The van der Waals surface area contributed by atoms with Crippen LogP contribution >= 0.6 is 15.9 Å². The zero-order chi connectivity index (χ0) is 13.7. The van der Waals surface area contributed by atoms with Crippen LogP contribution in [0.2, 0.25) is 0 Å². The summed E-state index contributed by atoms with van der Waals surface area (Å²) in [6, 6.07) is 3.81. The zero-order valence-corrected chi connectivity index (χ0v) is 12.3. The van der Waals surface area contributed by atoms with Gasteiger partial charge in [0.1, 0.15) is 12.7 Å². The number of nitrogens with zero attached hydrogens (tertiary/aromatic N) is 3. The van der Waals surface area contributed by atoms with Crippen molar-refractivity contribution in [3.05, 3.63) is 34.8 Å². The predicted molar refractivity (Wildman–Crippen MR) is 74.9 cm³/mol. The Morgan fingerprint density at radius 1 is 1.32 bits per heavy atom. The second-order valence-corrected chi connectivity index (χ2v) is 4.55. The smallest absolute Gasteiger partial charge is 0.167 e. The highest BCUT2D eigenvalue weighted by atomic mass is 79.9. The maximum absolute atomic E-state index is 5.67. The van der Waals surface area contributed by atoms with Crippen molar-refractivity contribution >= 4 is 15.9 Å². The van der Waals surface area contributed by atoms with E-state index in [0.29, 0.717) is 18.9 Å². The molecule has 6 nitrogen and oxygen atoms in total. The second kappa shape index (κ2) is 6.42. The first-order valence-corrected chi connectivity index (χ1v) is 6.62. The quantitative estimate of drug-likeness (QED) is 0.881. The summed E-state index contributed by atoms with van der Waals surface area (Å²) >= 11 is 3.53. The highest BCUT2D eigenvalue weighted by molar-refractivity contribution is 9.10. The summed E-state index contributed by atoms with van der Waals surface area (Å²) in [5.74, 6) is 1.45. The maximum Gasteiger partial charge on any atom is 0.167 e. The number of halogens is 1. The van der Waals surface area contributed by atoms with Gasteiger partial charge in [-0.05, 0) is 19.1 Å². The first kappa shape index (κ1) is 13.7. The number of ether oxygens (including phenoxy) is 2. The minimum atomic E-state index is 0.561. The fourth-order valence-corrected chi connectivity index (χ4v) is 2.12. The van der Waals surface area contributed by atoms with Gasteiger partial charge in [0.25, 0.3) is 0 Å². The van der Waals surface area contributed by atoms with Crippen molar-refractivity contribution in [3.8, 4) is 11.5 Å². The van der Waals surface area contributed by atoms with E-state index in [4.69, 9.17) is 9.47 Å². The number of hydrogen-bond donors (Lipinski definition) is 1. The molecule has 2 aromatic rings. The van der Waals surface area contributed by atoms with E-state index in [1.807, 2.05) is 19.1 Å². The molecule has 0 aliphatic rings. The lowest BCUT2D eigenvalue weighted by Crippen LogP contribution is -2.14. The molecule has 1 N–H and O–H groups in total. The largest absolute Gasteiger partial charge is 0.493 e. The van der Waals surface area contributed by atoms with Gasteiger partial charge in [-0.15, -0.1) is 10.2 Å². The molecule has 2 rings (SSSR count). The van der Waals surface area contributed by atoms with Crippen molar-refractivity contribution < 1.29 is 9.47 Å². The Morgan fingerprint density at radius 2 is 2.05 bits per heavy atom. The van der Waals surface area contributed by atoms with Gasteiger partial charge in [0, 0.05) is 10.0 Å². The lowest BCUT2D eigenvalue weighted by Gasteiger charge is -2.16. The molecule has 0 bridgehead atoms. The summed E-state index contributed by atoms with van der Waals surface area (Å²) in [6.45, 7) is 3.08. The first-order chi connectivity index (χ1) is 9.26. The molecular formula is C12H15BrN4O2. The SMILES string of the molecule is CCOc1c(OC)ccc(Br)c1CNn1cnnc1. The van der Waals surface area contributed by atoms with E-state index < -0.39 is 0 Å². The van der Waals surface area contributed by atoms with Gasteiger partial charge in [-0.3, -0.25) is 0 Å². The van der Waals surface area contributed by atoms with E-state index in [2.05, 4.69) is 31.6 Å². The molecule has 102 valence electrons. The van der Waals surface area contributed by atoms with Crippen molar-refractivity contribution in [1.29, 1.82) is 0 Å². The monoisotopic (exact) mass is 326 g/mol. The van der Waals surface area contributed by atoms with Crippen molar-refractivity contribution in [2.75, 3.05) is 19.1 Å². The van der Waals surface area contributed by atoms with E-state index >= 15 is 0 Å². The molecule has 7 heteroatoms. The molecule has 19 heavy (non-hydrogen) atoms. The fraction of sp³-hybridized carbons (Fsp3) is 0.333. The zero-order valence-electron chi connectivity index (χ0n) is 10.8. The van der Waals surface area contributed by atoms with Crippen LogP contribution in [-0.4, -0.2) is 28.6 Å². The topological polar surface area (TPSA) is 61.2 Å². The Morgan fingerprint density at radius 3 is 2.68 bits per heavy atom. The maximum atomic E-state index is 5.67. The van der Waals surface area contributed by atoms with Crippen LogP contribution in [0.15, 0.2) is 29.3 Å². The van der Waals surface area contributed by atoms with Crippen molar-refractivity contribution in [2.45, 2.75) is 13.5 Å². The number of methoxy groups -OCH3 is 1. The minimum Gasteiger partial charge on any atom is -0.493 e. The Balaban J connectivity index is 2.25. The number of aromatic nitrogens is 3. The molecular weight excluding hydrogens is 312 g/mol. The molecule has 0 unspecified atom stereocenters. The summed E-state index contributed by atoms with van der Waals surface area (Å²) in [5, 5.41) is 7.46. The molecule has 0 radical (unpaired) electrons. The highest BCUT2D eigenvalue weighted by Crippen LogP contribution is 2.36. The molecule has 0 fully saturated rings. The van der Waals surface area contributed by atoms with Crippen molar-refractivity contribution in [1.82, 2.24) is 14.9 Å². The Labute approximate surface area is 119 Å². The van der Waals surface area contributed by atoms with Gasteiger partial charge in [0.15, 0.2) is 11.5 Å². The third-order valence-electron chi connectivity index (χ3n) is 2.53. The number of rotatable bonds is 6. The fourth-order valence-electron chi connectivity index (χ4n) is 1.66. The molecule has 0 atom stereocenters. The van der Waals surface area contributed by atoms with Crippen LogP contribution in [0.4, 0.5) is 0 Å². The molecule has 0 aliphatic carbocycles. The lowest BCUT2D eigenvalue weighted by molar-refractivity contribution is 0.307. The standard InChI is InChI=1S/C12H15BrN4O2/c1-3-19-12-9(6-16-17-7-14-15-8-17)10(13)4-5-11(12)18-2/h4-5,7-8,16H,3,6H2,1-2H3. The van der Waals surface area contributed by atoms with Crippen LogP contribution in [0.1, 0.15) is 12.5 Å². The molecule has 0 aliphatic heterocycles. The summed E-state index contributed by atoms with van der Waals surface area (Å²) in [4.78, 5) is 0. The molecule has 1 aromatic heterocycles. The molecule has 0 spiro atoms. The Bertz CT molecular complexity index is 531. The van der Waals surface area contributed by atoms with Crippen LogP contribution in [0, 0.1) is 0 Å². The Kier molecular flexibility index (Phi) is 4.62. The Hall–Kier alpha value is -1.76. The second-order valence-electron chi connectivity index (χ2n) is 3.69. The van der Waals surface area contributed by atoms with Crippen molar-refractivity contribution in [3.63, 3.8) is 0 Å². The molecule has 1 aromatic carbocycles. The van der Waals surface area contributed by atoms with Crippen LogP contribution in [0.25, 0.3) is 0 Å². The minimum absolute atomic E-state index is 0.561. The van der Waals surface area contributed by atoms with Gasteiger partial charge in [0.05, 0.1) is 20.3 Å². The lowest BCUT2D eigenvalue weighted by atomic mass is 10.2. The molecule has 0 saturated heterocycles. The van der Waals surface area contributed by atoms with Crippen molar-refractivity contribution in [2.24, 2.45) is 0 Å².